The van der Waals surface area contributed by atoms with Crippen molar-refractivity contribution in [2.45, 2.75) is 43.9 Å². The number of hydrogen-bond acceptors (Lipinski definition) is 3. The lowest BCUT2D eigenvalue weighted by Crippen LogP contribution is -2.50. The van der Waals surface area contributed by atoms with Crippen molar-refractivity contribution in [3.05, 3.63) is 33.8 Å². The first-order valence-corrected chi connectivity index (χ1v) is 8.83. The number of aryl methyl sites for hydroxylation is 1. The Labute approximate surface area is 134 Å². The molecule has 0 radical (unpaired) electrons. The number of benzene rings is 1. The van der Waals surface area contributed by atoms with Crippen LogP contribution in [0.5, 0.6) is 0 Å². The fourth-order valence-corrected chi connectivity index (χ4v) is 4.44. The second-order valence-corrected chi connectivity index (χ2v) is 7.37. The van der Waals surface area contributed by atoms with E-state index in [2.05, 4.69) is 39.0 Å². The summed E-state index contributed by atoms with van der Waals surface area (Å²) in [6, 6.07) is 7.45. The largest absolute Gasteiger partial charge is 0.347 e. The first-order chi connectivity index (χ1) is 10.2. The van der Waals surface area contributed by atoms with E-state index in [-0.39, 0.29) is 5.79 Å². The number of rotatable bonds is 1. The summed E-state index contributed by atoms with van der Waals surface area (Å²) in [5.41, 5.74) is 3.06. The van der Waals surface area contributed by atoms with E-state index in [0.29, 0.717) is 6.04 Å². The van der Waals surface area contributed by atoms with Crippen LogP contribution in [0.15, 0.2) is 22.7 Å². The first kappa shape index (κ1) is 14.2. The Balaban J connectivity index is 1.41. The van der Waals surface area contributed by atoms with Crippen LogP contribution in [0.3, 0.4) is 0 Å². The molecule has 1 aromatic carbocycles. The van der Waals surface area contributed by atoms with Crippen molar-refractivity contribution in [2.75, 3.05) is 26.3 Å². The molecule has 2 fully saturated rings. The summed E-state index contributed by atoms with van der Waals surface area (Å²) in [4.78, 5) is 2.65. The van der Waals surface area contributed by atoms with Crippen LogP contribution in [0.25, 0.3) is 0 Å². The molecule has 0 N–H and O–H groups in total. The van der Waals surface area contributed by atoms with E-state index in [1.165, 1.54) is 34.9 Å². The number of ether oxygens (including phenoxy) is 2. The monoisotopic (exact) mass is 351 g/mol. The number of piperidine rings is 1. The average molecular weight is 352 g/mol. The second-order valence-electron chi connectivity index (χ2n) is 6.45. The molecule has 2 aliphatic heterocycles. The van der Waals surface area contributed by atoms with Crippen LogP contribution >= 0.6 is 15.9 Å². The molecule has 0 bridgehead atoms. The van der Waals surface area contributed by atoms with Crippen LogP contribution in [-0.4, -0.2) is 43.0 Å². The van der Waals surface area contributed by atoms with Gasteiger partial charge in [-0.05, 0) is 42.5 Å². The van der Waals surface area contributed by atoms with Crippen molar-refractivity contribution in [3.63, 3.8) is 0 Å². The van der Waals surface area contributed by atoms with E-state index in [9.17, 15) is 0 Å². The molecule has 2 saturated heterocycles. The second kappa shape index (κ2) is 5.65. The quantitative estimate of drug-likeness (QED) is 0.775. The maximum atomic E-state index is 5.83. The summed E-state index contributed by atoms with van der Waals surface area (Å²) < 4.78 is 12.9. The van der Waals surface area contributed by atoms with Crippen molar-refractivity contribution in [2.24, 2.45) is 0 Å². The molecule has 1 aliphatic carbocycles. The van der Waals surface area contributed by atoms with Gasteiger partial charge in [-0.25, -0.2) is 0 Å². The van der Waals surface area contributed by atoms with Crippen molar-refractivity contribution < 1.29 is 9.47 Å². The zero-order chi connectivity index (χ0) is 14.3. The maximum Gasteiger partial charge on any atom is 0.170 e. The summed E-state index contributed by atoms with van der Waals surface area (Å²) >= 11 is 3.58. The molecule has 4 heteroatoms. The predicted octanol–water partition coefficient (Wildman–Crippen LogP) is 3.15. The summed E-state index contributed by atoms with van der Waals surface area (Å²) in [5, 5.41) is 0. The van der Waals surface area contributed by atoms with Crippen LogP contribution in [-0.2, 0) is 22.3 Å². The third-order valence-electron chi connectivity index (χ3n) is 5.26. The highest BCUT2D eigenvalue weighted by Crippen LogP contribution is 2.34. The van der Waals surface area contributed by atoms with E-state index < -0.39 is 0 Å². The van der Waals surface area contributed by atoms with Gasteiger partial charge in [0.25, 0.3) is 0 Å². The molecular weight excluding hydrogens is 330 g/mol. The van der Waals surface area contributed by atoms with E-state index in [1.54, 1.807) is 0 Å². The lowest BCUT2D eigenvalue weighted by molar-refractivity contribution is -0.188. The van der Waals surface area contributed by atoms with Gasteiger partial charge < -0.3 is 9.47 Å². The highest BCUT2D eigenvalue weighted by molar-refractivity contribution is 9.10. The van der Waals surface area contributed by atoms with Gasteiger partial charge in [-0.15, -0.1) is 0 Å². The van der Waals surface area contributed by atoms with Crippen molar-refractivity contribution in [3.8, 4) is 0 Å². The number of hydrogen-bond donors (Lipinski definition) is 0. The molecule has 0 aromatic heterocycles. The molecule has 4 rings (SSSR count). The normalized spacial score (nSPS) is 28.7. The summed E-state index contributed by atoms with van der Waals surface area (Å²) in [5.74, 6) is -0.242. The van der Waals surface area contributed by atoms with Crippen LogP contribution in [0.4, 0.5) is 0 Å². The molecule has 0 unspecified atom stereocenters. The minimum atomic E-state index is -0.242. The molecule has 21 heavy (non-hydrogen) atoms. The van der Waals surface area contributed by atoms with Gasteiger partial charge in [0.1, 0.15) is 0 Å². The zero-order valence-electron chi connectivity index (χ0n) is 12.3. The Morgan fingerprint density at radius 1 is 1.10 bits per heavy atom. The number of likely N-dealkylation sites (tertiary alicyclic amines) is 1. The van der Waals surface area contributed by atoms with Gasteiger partial charge in [0.2, 0.25) is 0 Å². The fraction of sp³-hybridized carbons (Fsp3) is 0.647. The third-order valence-corrected chi connectivity index (χ3v) is 5.75. The Bertz CT molecular complexity index is 518. The van der Waals surface area contributed by atoms with Gasteiger partial charge in [0.05, 0.1) is 13.2 Å². The first-order valence-electron chi connectivity index (χ1n) is 8.03. The molecule has 1 atom stereocenters. The Morgan fingerprint density at radius 3 is 2.62 bits per heavy atom. The van der Waals surface area contributed by atoms with Gasteiger partial charge >= 0.3 is 0 Å². The van der Waals surface area contributed by atoms with Crippen LogP contribution in [0.2, 0.25) is 0 Å². The van der Waals surface area contributed by atoms with E-state index in [1.807, 2.05) is 0 Å². The molecule has 3 aliphatic rings. The smallest absolute Gasteiger partial charge is 0.170 e. The number of fused-ring (bicyclic) bond motifs is 1. The minimum absolute atomic E-state index is 0.242. The molecule has 2 heterocycles. The topological polar surface area (TPSA) is 21.7 Å². The predicted molar refractivity (Wildman–Crippen MR) is 85.4 cm³/mol. The third kappa shape index (κ3) is 2.79. The standard InChI is InChI=1S/C17H22BrNO2/c18-15-3-1-14-12-16(4-2-13(14)11-15)19-7-5-17(6-8-19)20-9-10-21-17/h1,3,11,16H,2,4-10,12H2/t16-/m0/s1. The van der Waals surface area contributed by atoms with Gasteiger partial charge in [-0.1, -0.05) is 22.0 Å². The summed E-state index contributed by atoms with van der Waals surface area (Å²) in [6.45, 7) is 3.75. The fourth-order valence-electron chi connectivity index (χ4n) is 4.03. The SMILES string of the molecule is Brc1ccc2c(c1)CC[C@H](N1CCC3(CC1)OCCO3)C2. The van der Waals surface area contributed by atoms with E-state index in [4.69, 9.17) is 9.47 Å². The summed E-state index contributed by atoms with van der Waals surface area (Å²) in [7, 11) is 0. The van der Waals surface area contributed by atoms with E-state index >= 15 is 0 Å². The maximum absolute atomic E-state index is 5.83. The van der Waals surface area contributed by atoms with Crippen LogP contribution < -0.4 is 0 Å². The molecule has 1 spiro atoms. The van der Waals surface area contributed by atoms with Crippen molar-refractivity contribution in [1.82, 2.24) is 4.90 Å². The number of halogens is 1. The molecule has 114 valence electrons. The van der Waals surface area contributed by atoms with Gasteiger partial charge in [0.15, 0.2) is 5.79 Å². The Morgan fingerprint density at radius 2 is 1.86 bits per heavy atom. The lowest BCUT2D eigenvalue weighted by atomic mass is 9.86. The lowest BCUT2D eigenvalue weighted by Gasteiger charge is -2.42. The zero-order valence-corrected chi connectivity index (χ0v) is 13.9. The van der Waals surface area contributed by atoms with Gasteiger partial charge in [-0.3, -0.25) is 4.90 Å². The highest BCUT2D eigenvalue weighted by Gasteiger charge is 2.41. The van der Waals surface area contributed by atoms with Crippen LogP contribution in [0, 0.1) is 0 Å². The van der Waals surface area contributed by atoms with Gasteiger partial charge in [-0.2, -0.15) is 0 Å². The van der Waals surface area contributed by atoms with Crippen molar-refractivity contribution in [1.29, 1.82) is 0 Å². The molecule has 0 saturated carbocycles. The average Bonchev–Trinajstić information content (AvgIpc) is 2.96. The van der Waals surface area contributed by atoms with E-state index in [0.717, 1.165) is 39.1 Å². The van der Waals surface area contributed by atoms with Gasteiger partial charge in [0, 0.05) is 36.4 Å². The molecule has 0 amide bonds. The molecule has 3 nitrogen and oxygen atoms in total. The minimum Gasteiger partial charge on any atom is -0.347 e. The Kier molecular flexibility index (Phi) is 3.82. The molecular formula is C17H22BrNO2. The Hall–Kier alpha value is -0.420. The van der Waals surface area contributed by atoms with Crippen LogP contribution in [0.1, 0.15) is 30.4 Å². The van der Waals surface area contributed by atoms with Crippen molar-refractivity contribution >= 4 is 15.9 Å². The molecule has 1 aromatic rings. The highest BCUT2D eigenvalue weighted by atomic mass is 79.9. The summed E-state index contributed by atoms with van der Waals surface area (Å²) in [6.07, 6.45) is 5.72. The number of nitrogens with zero attached hydrogens (tertiary/aromatic N) is 1.